The van der Waals surface area contributed by atoms with Gasteiger partial charge in [0.15, 0.2) is 0 Å². The zero-order chi connectivity index (χ0) is 14.5. The minimum atomic E-state index is -1.04. The van der Waals surface area contributed by atoms with Crippen LogP contribution in [0.1, 0.15) is 15.9 Å². The van der Waals surface area contributed by atoms with Crippen molar-refractivity contribution in [3.05, 3.63) is 35.4 Å². The molecular weight excluding hydrogens is 262 g/mol. The Morgan fingerprint density at radius 3 is 2.80 bits per heavy atom. The van der Waals surface area contributed by atoms with Gasteiger partial charge in [-0.3, -0.25) is 4.79 Å². The van der Waals surface area contributed by atoms with Crippen molar-refractivity contribution >= 4 is 11.9 Å². The molecule has 0 spiro atoms. The Hall–Kier alpha value is -1.92. The highest BCUT2D eigenvalue weighted by atomic mass is 16.5. The van der Waals surface area contributed by atoms with Gasteiger partial charge in [-0.2, -0.15) is 0 Å². The van der Waals surface area contributed by atoms with Crippen LogP contribution in [0.25, 0.3) is 0 Å². The Morgan fingerprint density at radius 2 is 2.10 bits per heavy atom. The van der Waals surface area contributed by atoms with Crippen molar-refractivity contribution in [2.75, 3.05) is 26.3 Å². The first kappa shape index (κ1) is 14.5. The van der Waals surface area contributed by atoms with Crippen LogP contribution >= 0.6 is 0 Å². The van der Waals surface area contributed by atoms with Gasteiger partial charge in [0.2, 0.25) is 5.91 Å². The number of carboxylic acids is 1. The number of benzene rings is 1. The first-order valence-corrected chi connectivity index (χ1v) is 6.43. The van der Waals surface area contributed by atoms with Gasteiger partial charge in [-0.05, 0) is 11.6 Å². The van der Waals surface area contributed by atoms with E-state index in [1.54, 1.807) is 23.1 Å². The maximum atomic E-state index is 12.2. The van der Waals surface area contributed by atoms with Crippen molar-refractivity contribution in [2.24, 2.45) is 0 Å². The quantitative estimate of drug-likeness (QED) is 0.819. The molecule has 1 amide bonds. The van der Waals surface area contributed by atoms with Gasteiger partial charge in [-0.25, -0.2) is 4.79 Å². The molecule has 0 bridgehead atoms. The predicted molar refractivity (Wildman–Crippen MR) is 70.5 cm³/mol. The number of aromatic carboxylic acids is 1. The molecule has 1 fully saturated rings. The number of amides is 1. The number of hydrogen-bond acceptors (Lipinski definition) is 4. The Morgan fingerprint density at radius 1 is 1.35 bits per heavy atom. The van der Waals surface area contributed by atoms with Crippen molar-refractivity contribution in [3.8, 4) is 0 Å². The van der Waals surface area contributed by atoms with Gasteiger partial charge in [-0.1, -0.05) is 18.2 Å². The number of morpholine rings is 1. The van der Waals surface area contributed by atoms with Crippen LogP contribution in [0.15, 0.2) is 24.3 Å². The number of aliphatic hydroxyl groups excluding tert-OH is 1. The molecule has 6 heteroatoms. The molecule has 0 radical (unpaired) electrons. The summed E-state index contributed by atoms with van der Waals surface area (Å²) in [6.45, 7) is 1.06. The van der Waals surface area contributed by atoms with Crippen LogP contribution in [0.5, 0.6) is 0 Å². The Balaban J connectivity index is 2.06. The fraction of sp³-hybridized carbons (Fsp3) is 0.429. The first-order valence-electron chi connectivity index (χ1n) is 6.43. The zero-order valence-corrected chi connectivity index (χ0v) is 11.0. The van der Waals surface area contributed by atoms with Crippen LogP contribution in [0.3, 0.4) is 0 Å². The summed E-state index contributed by atoms with van der Waals surface area (Å²) in [5, 5.41) is 18.1. The van der Waals surface area contributed by atoms with Gasteiger partial charge >= 0.3 is 5.97 Å². The molecule has 1 aliphatic heterocycles. The van der Waals surface area contributed by atoms with E-state index in [-0.39, 0.29) is 30.6 Å². The second kappa shape index (κ2) is 6.49. The second-order valence-corrected chi connectivity index (χ2v) is 4.65. The maximum absolute atomic E-state index is 12.2. The van der Waals surface area contributed by atoms with Crippen LogP contribution in [-0.4, -0.2) is 59.4 Å². The summed E-state index contributed by atoms with van der Waals surface area (Å²) in [5.41, 5.74) is 0.643. The molecule has 1 atom stereocenters. The van der Waals surface area contributed by atoms with Gasteiger partial charge in [0, 0.05) is 13.1 Å². The third kappa shape index (κ3) is 3.34. The maximum Gasteiger partial charge on any atom is 0.335 e. The molecule has 2 rings (SSSR count). The van der Waals surface area contributed by atoms with Crippen molar-refractivity contribution in [1.82, 2.24) is 4.90 Å². The lowest BCUT2D eigenvalue weighted by Crippen LogP contribution is -2.47. The molecule has 0 aliphatic carbocycles. The van der Waals surface area contributed by atoms with Crippen LogP contribution in [-0.2, 0) is 16.0 Å². The van der Waals surface area contributed by atoms with Crippen LogP contribution in [0.2, 0.25) is 0 Å². The van der Waals surface area contributed by atoms with E-state index in [1.165, 1.54) is 6.07 Å². The highest BCUT2D eigenvalue weighted by Gasteiger charge is 2.24. The molecule has 6 nitrogen and oxygen atoms in total. The van der Waals surface area contributed by atoms with Crippen molar-refractivity contribution < 1.29 is 24.5 Å². The number of hydrogen-bond donors (Lipinski definition) is 2. The molecule has 0 saturated carbocycles. The lowest BCUT2D eigenvalue weighted by atomic mass is 10.0. The summed E-state index contributed by atoms with van der Waals surface area (Å²) in [6.07, 6.45) is -0.317. The van der Waals surface area contributed by atoms with E-state index in [9.17, 15) is 9.59 Å². The number of rotatable bonds is 4. The largest absolute Gasteiger partial charge is 0.478 e. The van der Waals surface area contributed by atoms with E-state index in [1.807, 2.05) is 0 Å². The summed E-state index contributed by atoms with van der Waals surface area (Å²) >= 11 is 0. The molecule has 2 N–H and O–H groups in total. The first-order chi connectivity index (χ1) is 9.61. The van der Waals surface area contributed by atoms with Crippen LogP contribution < -0.4 is 0 Å². The molecule has 1 aromatic rings. The summed E-state index contributed by atoms with van der Waals surface area (Å²) in [4.78, 5) is 24.9. The SMILES string of the molecule is O=C(O)c1ccccc1CC(=O)N1CCOC(CO)C1. The summed E-state index contributed by atoms with van der Waals surface area (Å²) in [5.74, 6) is -1.19. The van der Waals surface area contributed by atoms with E-state index in [4.69, 9.17) is 14.9 Å². The third-order valence-corrected chi connectivity index (χ3v) is 3.28. The standard InChI is InChI=1S/C14H17NO5/c16-9-11-8-15(5-6-20-11)13(17)7-10-3-1-2-4-12(10)14(18)19/h1-4,11,16H,5-9H2,(H,18,19). The van der Waals surface area contributed by atoms with E-state index >= 15 is 0 Å². The Labute approximate surface area is 116 Å². The monoisotopic (exact) mass is 279 g/mol. The minimum Gasteiger partial charge on any atom is -0.478 e. The second-order valence-electron chi connectivity index (χ2n) is 4.65. The third-order valence-electron chi connectivity index (χ3n) is 3.28. The molecule has 1 aromatic carbocycles. The molecule has 108 valence electrons. The molecule has 20 heavy (non-hydrogen) atoms. The molecule has 1 saturated heterocycles. The van der Waals surface area contributed by atoms with Gasteiger partial charge < -0.3 is 19.8 Å². The number of carbonyl (C=O) groups excluding carboxylic acids is 1. The molecule has 1 heterocycles. The van der Waals surface area contributed by atoms with E-state index in [0.717, 1.165) is 0 Å². The average Bonchev–Trinajstić information content (AvgIpc) is 2.47. The van der Waals surface area contributed by atoms with Crippen molar-refractivity contribution in [3.63, 3.8) is 0 Å². The predicted octanol–water partition coefficient (Wildman–Crippen LogP) is 0.147. The Kier molecular flexibility index (Phi) is 4.70. The van der Waals surface area contributed by atoms with Crippen molar-refractivity contribution in [2.45, 2.75) is 12.5 Å². The lowest BCUT2D eigenvalue weighted by molar-refractivity contribution is -0.139. The molecule has 1 aliphatic rings. The van der Waals surface area contributed by atoms with Crippen molar-refractivity contribution in [1.29, 1.82) is 0 Å². The van der Waals surface area contributed by atoms with Gasteiger partial charge in [-0.15, -0.1) is 0 Å². The smallest absolute Gasteiger partial charge is 0.335 e. The molecular formula is C14H17NO5. The number of carbonyl (C=O) groups is 2. The fourth-order valence-electron chi connectivity index (χ4n) is 2.21. The lowest BCUT2D eigenvalue weighted by Gasteiger charge is -2.32. The number of ether oxygens (including phenoxy) is 1. The summed E-state index contributed by atoms with van der Waals surface area (Å²) in [7, 11) is 0. The number of carboxylic acid groups (broad SMARTS) is 1. The number of nitrogens with zero attached hydrogens (tertiary/aromatic N) is 1. The normalized spacial score (nSPS) is 18.9. The number of aliphatic hydroxyl groups is 1. The molecule has 1 unspecified atom stereocenters. The van der Waals surface area contributed by atoms with Crippen LogP contribution in [0.4, 0.5) is 0 Å². The van der Waals surface area contributed by atoms with Gasteiger partial charge in [0.1, 0.15) is 0 Å². The summed E-state index contributed by atoms with van der Waals surface area (Å²) < 4.78 is 5.28. The highest BCUT2D eigenvalue weighted by Crippen LogP contribution is 2.13. The topological polar surface area (TPSA) is 87.1 Å². The van der Waals surface area contributed by atoms with E-state index in [0.29, 0.717) is 25.3 Å². The Bertz CT molecular complexity index is 502. The van der Waals surface area contributed by atoms with Crippen LogP contribution in [0, 0.1) is 0 Å². The summed E-state index contributed by atoms with van der Waals surface area (Å²) in [6, 6.07) is 6.48. The van der Waals surface area contributed by atoms with Gasteiger partial charge in [0.05, 0.1) is 31.3 Å². The molecule has 0 aromatic heterocycles. The minimum absolute atomic E-state index is 0.0423. The van der Waals surface area contributed by atoms with Gasteiger partial charge in [0.25, 0.3) is 0 Å². The fourth-order valence-corrected chi connectivity index (χ4v) is 2.21. The average molecular weight is 279 g/mol. The van der Waals surface area contributed by atoms with E-state index < -0.39 is 5.97 Å². The zero-order valence-electron chi connectivity index (χ0n) is 11.0. The van der Waals surface area contributed by atoms with E-state index in [2.05, 4.69) is 0 Å². The highest BCUT2D eigenvalue weighted by molar-refractivity contribution is 5.91.